The first-order valence-corrected chi connectivity index (χ1v) is 7.75. The van der Waals surface area contributed by atoms with Crippen molar-refractivity contribution < 1.29 is 9.18 Å². The first-order valence-electron chi connectivity index (χ1n) is 7.75. The molecular weight excluding hydrogens is 364 g/mol. The number of carbonyl (C=O) groups excluding carboxylic acids is 1. The van der Waals surface area contributed by atoms with Gasteiger partial charge in [-0.15, -0.1) is 24.8 Å². The molecule has 136 valence electrons. The van der Waals surface area contributed by atoms with Gasteiger partial charge in [0.05, 0.1) is 0 Å². The van der Waals surface area contributed by atoms with Crippen molar-refractivity contribution in [2.45, 2.75) is 6.04 Å². The Morgan fingerprint density at radius 2 is 1.48 bits per heavy atom. The van der Waals surface area contributed by atoms with Crippen LogP contribution in [-0.2, 0) is 4.79 Å². The van der Waals surface area contributed by atoms with Crippen LogP contribution in [0.25, 0.3) is 0 Å². The van der Waals surface area contributed by atoms with E-state index < -0.39 is 6.04 Å². The highest BCUT2D eigenvalue weighted by Gasteiger charge is 2.26. The minimum atomic E-state index is -0.617. The van der Waals surface area contributed by atoms with Gasteiger partial charge in [-0.2, -0.15) is 0 Å². The Kier molecular flexibility index (Phi) is 8.16. The quantitative estimate of drug-likeness (QED) is 0.883. The van der Waals surface area contributed by atoms with E-state index in [-0.39, 0.29) is 36.5 Å². The summed E-state index contributed by atoms with van der Waals surface area (Å²) in [6.45, 7) is 2.69. The average Bonchev–Trinajstić information content (AvgIpc) is 2.62. The molecule has 1 amide bonds. The number of rotatable bonds is 3. The molecule has 1 unspecified atom stereocenters. The van der Waals surface area contributed by atoms with E-state index in [1.807, 2.05) is 30.3 Å². The molecular formula is C18H22Cl2FN3O. The molecule has 0 radical (unpaired) electrons. The van der Waals surface area contributed by atoms with Gasteiger partial charge in [0.1, 0.15) is 11.9 Å². The number of piperazine rings is 1. The first kappa shape index (κ1) is 21.2. The third kappa shape index (κ3) is 5.08. The van der Waals surface area contributed by atoms with Crippen LogP contribution in [0.1, 0.15) is 11.6 Å². The Morgan fingerprint density at radius 1 is 0.920 bits per heavy atom. The van der Waals surface area contributed by atoms with Crippen LogP contribution in [0.15, 0.2) is 54.6 Å². The highest BCUT2D eigenvalue weighted by Crippen LogP contribution is 2.19. The van der Waals surface area contributed by atoms with Crippen molar-refractivity contribution in [2.75, 3.05) is 31.1 Å². The summed E-state index contributed by atoms with van der Waals surface area (Å²) in [6.07, 6.45) is 0. The molecule has 2 aromatic rings. The van der Waals surface area contributed by atoms with Crippen molar-refractivity contribution in [2.24, 2.45) is 5.73 Å². The van der Waals surface area contributed by atoms with Crippen molar-refractivity contribution in [1.29, 1.82) is 0 Å². The highest BCUT2D eigenvalue weighted by atomic mass is 35.5. The number of anilines is 1. The Labute approximate surface area is 159 Å². The lowest BCUT2D eigenvalue weighted by Crippen LogP contribution is -2.51. The largest absolute Gasteiger partial charge is 0.368 e. The molecule has 0 spiro atoms. The summed E-state index contributed by atoms with van der Waals surface area (Å²) in [6, 6.07) is 15.2. The van der Waals surface area contributed by atoms with Crippen LogP contribution in [0.2, 0.25) is 0 Å². The number of benzene rings is 2. The topological polar surface area (TPSA) is 49.6 Å². The van der Waals surface area contributed by atoms with Crippen LogP contribution < -0.4 is 10.6 Å². The van der Waals surface area contributed by atoms with E-state index in [0.717, 1.165) is 24.3 Å². The molecule has 7 heteroatoms. The molecule has 2 N–H and O–H groups in total. The summed E-state index contributed by atoms with van der Waals surface area (Å²) >= 11 is 0. The minimum Gasteiger partial charge on any atom is -0.368 e. The maximum Gasteiger partial charge on any atom is 0.244 e. The Balaban J connectivity index is 0.00000156. The number of nitrogens with two attached hydrogens (primary N) is 1. The summed E-state index contributed by atoms with van der Waals surface area (Å²) < 4.78 is 13.0. The zero-order valence-corrected chi connectivity index (χ0v) is 15.3. The van der Waals surface area contributed by atoms with Crippen molar-refractivity contribution in [3.05, 3.63) is 66.0 Å². The second-order valence-corrected chi connectivity index (χ2v) is 5.68. The lowest BCUT2D eigenvalue weighted by Gasteiger charge is -2.37. The molecule has 3 rings (SSSR count). The van der Waals surface area contributed by atoms with Crippen LogP contribution >= 0.6 is 24.8 Å². The van der Waals surface area contributed by atoms with E-state index in [2.05, 4.69) is 4.90 Å². The van der Waals surface area contributed by atoms with Gasteiger partial charge in [0.15, 0.2) is 0 Å². The van der Waals surface area contributed by atoms with Crippen LogP contribution in [0.3, 0.4) is 0 Å². The molecule has 1 aliphatic heterocycles. The highest BCUT2D eigenvalue weighted by molar-refractivity contribution is 5.85. The van der Waals surface area contributed by atoms with Gasteiger partial charge in [-0.05, 0) is 29.8 Å². The lowest BCUT2D eigenvalue weighted by atomic mass is 10.1. The smallest absolute Gasteiger partial charge is 0.244 e. The van der Waals surface area contributed by atoms with E-state index >= 15 is 0 Å². The summed E-state index contributed by atoms with van der Waals surface area (Å²) in [7, 11) is 0. The molecule has 1 saturated heterocycles. The van der Waals surface area contributed by atoms with Crippen molar-refractivity contribution >= 4 is 36.4 Å². The Morgan fingerprint density at radius 3 is 2.04 bits per heavy atom. The molecule has 2 aromatic carbocycles. The fourth-order valence-corrected chi connectivity index (χ4v) is 2.84. The van der Waals surface area contributed by atoms with E-state index in [1.165, 1.54) is 12.1 Å². The summed E-state index contributed by atoms with van der Waals surface area (Å²) in [5.41, 5.74) is 7.89. The molecule has 0 aromatic heterocycles. The monoisotopic (exact) mass is 385 g/mol. The number of carbonyl (C=O) groups is 1. The van der Waals surface area contributed by atoms with E-state index in [9.17, 15) is 9.18 Å². The lowest BCUT2D eigenvalue weighted by molar-refractivity contribution is -0.133. The molecule has 0 bridgehead atoms. The van der Waals surface area contributed by atoms with Crippen molar-refractivity contribution in [3.8, 4) is 0 Å². The van der Waals surface area contributed by atoms with Crippen LogP contribution in [0.5, 0.6) is 0 Å². The number of halogens is 3. The summed E-state index contributed by atoms with van der Waals surface area (Å²) in [5, 5.41) is 0. The molecule has 1 aliphatic rings. The molecule has 1 fully saturated rings. The predicted octanol–water partition coefficient (Wildman–Crippen LogP) is 3.02. The molecule has 4 nitrogen and oxygen atoms in total. The molecule has 25 heavy (non-hydrogen) atoms. The Bertz CT molecular complexity index is 662. The maximum absolute atomic E-state index is 13.0. The van der Waals surface area contributed by atoms with Gasteiger partial charge in [-0.3, -0.25) is 4.79 Å². The molecule has 1 atom stereocenters. The fraction of sp³-hybridized carbons (Fsp3) is 0.278. The fourth-order valence-electron chi connectivity index (χ4n) is 2.84. The zero-order chi connectivity index (χ0) is 16.2. The van der Waals surface area contributed by atoms with Gasteiger partial charge < -0.3 is 15.5 Å². The second kappa shape index (κ2) is 9.61. The normalized spacial score (nSPS) is 15.0. The number of hydrogen-bond acceptors (Lipinski definition) is 3. The number of hydrogen-bond donors (Lipinski definition) is 1. The summed E-state index contributed by atoms with van der Waals surface area (Å²) in [4.78, 5) is 16.5. The maximum atomic E-state index is 13.0. The van der Waals surface area contributed by atoms with E-state index in [0.29, 0.717) is 13.1 Å². The average molecular weight is 386 g/mol. The van der Waals surface area contributed by atoms with Gasteiger partial charge in [0, 0.05) is 31.9 Å². The third-order valence-electron chi connectivity index (χ3n) is 4.21. The molecule has 1 heterocycles. The Hall–Kier alpha value is -1.82. The van der Waals surface area contributed by atoms with E-state index in [1.54, 1.807) is 17.0 Å². The number of nitrogens with zero attached hydrogens (tertiary/aromatic N) is 2. The second-order valence-electron chi connectivity index (χ2n) is 5.68. The van der Waals surface area contributed by atoms with Crippen LogP contribution in [0.4, 0.5) is 10.1 Å². The number of amides is 1. The van der Waals surface area contributed by atoms with Crippen molar-refractivity contribution in [3.63, 3.8) is 0 Å². The van der Waals surface area contributed by atoms with Gasteiger partial charge in [0.2, 0.25) is 5.91 Å². The molecule has 0 aliphatic carbocycles. The zero-order valence-electron chi connectivity index (χ0n) is 13.7. The summed E-state index contributed by atoms with van der Waals surface area (Å²) in [5.74, 6) is -0.286. The van der Waals surface area contributed by atoms with Gasteiger partial charge >= 0.3 is 0 Å². The third-order valence-corrected chi connectivity index (χ3v) is 4.21. The van der Waals surface area contributed by atoms with Gasteiger partial charge in [-0.1, -0.05) is 30.3 Å². The van der Waals surface area contributed by atoms with Crippen molar-refractivity contribution in [1.82, 2.24) is 4.90 Å². The van der Waals surface area contributed by atoms with E-state index in [4.69, 9.17) is 5.73 Å². The SMILES string of the molecule is Cl.Cl.NC(C(=O)N1CCN(c2ccc(F)cc2)CC1)c1ccccc1. The van der Waals surface area contributed by atoms with Gasteiger partial charge in [-0.25, -0.2) is 4.39 Å². The van der Waals surface area contributed by atoms with Gasteiger partial charge in [0.25, 0.3) is 0 Å². The van der Waals surface area contributed by atoms with Crippen LogP contribution in [0, 0.1) is 5.82 Å². The standard InChI is InChI=1S/C18H20FN3O.2ClH/c19-15-6-8-16(9-7-15)21-10-12-22(13-11-21)18(23)17(20)14-4-2-1-3-5-14;;/h1-9,17H,10-13,20H2;2*1H. The molecule has 0 saturated carbocycles. The van der Waals surface area contributed by atoms with Crippen LogP contribution in [-0.4, -0.2) is 37.0 Å². The predicted molar refractivity (Wildman–Crippen MR) is 103 cm³/mol. The minimum absolute atomic E-state index is 0. The first-order chi connectivity index (χ1) is 11.1.